The number of rotatable bonds is 6. The van der Waals surface area contributed by atoms with Crippen molar-refractivity contribution in [2.24, 2.45) is 5.92 Å². The molecule has 1 aromatic carbocycles. The van der Waals surface area contributed by atoms with Crippen molar-refractivity contribution in [1.82, 2.24) is 5.32 Å². The number of carbonyl (C=O) groups is 1. The van der Waals surface area contributed by atoms with Gasteiger partial charge in [-0.1, -0.05) is 13.8 Å². The van der Waals surface area contributed by atoms with E-state index in [2.05, 4.69) is 19.2 Å². The first-order chi connectivity index (χ1) is 10.5. The van der Waals surface area contributed by atoms with Crippen molar-refractivity contribution < 1.29 is 19.0 Å². The van der Waals surface area contributed by atoms with E-state index in [-0.39, 0.29) is 11.9 Å². The predicted molar refractivity (Wildman–Crippen MR) is 85.0 cm³/mol. The summed E-state index contributed by atoms with van der Waals surface area (Å²) >= 11 is 0. The minimum atomic E-state index is -0.119. The molecule has 1 aliphatic rings. The first-order valence-corrected chi connectivity index (χ1v) is 7.79. The van der Waals surface area contributed by atoms with Crippen LogP contribution in [0.2, 0.25) is 0 Å². The maximum atomic E-state index is 12.4. The summed E-state index contributed by atoms with van der Waals surface area (Å²) in [7, 11) is 1.56. The molecule has 5 nitrogen and oxygen atoms in total. The van der Waals surface area contributed by atoms with Gasteiger partial charge in [0.15, 0.2) is 11.5 Å². The molecule has 0 saturated heterocycles. The molecule has 0 aliphatic carbocycles. The van der Waals surface area contributed by atoms with Gasteiger partial charge in [-0.3, -0.25) is 4.79 Å². The number of amides is 1. The smallest absolute Gasteiger partial charge is 0.251 e. The molecule has 0 fully saturated rings. The third-order valence-corrected chi connectivity index (χ3v) is 3.64. The summed E-state index contributed by atoms with van der Waals surface area (Å²) in [4.78, 5) is 12.4. The fourth-order valence-electron chi connectivity index (χ4n) is 2.37. The van der Waals surface area contributed by atoms with E-state index in [0.717, 1.165) is 12.8 Å². The molecule has 1 amide bonds. The first kappa shape index (κ1) is 16.5. The van der Waals surface area contributed by atoms with Crippen LogP contribution in [0.1, 0.15) is 44.0 Å². The highest BCUT2D eigenvalue weighted by molar-refractivity contribution is 5.95. The SMILES string of the molecule is COc1cc(C(=O)N[C@@H](C)CCC(C)C)cc2c1OCCO2. The topological polar surface area (TPSA) is 56.8 Å². The van der Waals surface area contributed by atoms with Crippen LogP contribution >= 0.6 is 0 Å². The number of ether oxygens (including phenoxy) is 3. The molecule has 0 radical (unpaired) electrons. The number of hydrogen-bond acceptors (Lipinski definition) is 4. The highest BCUT2D eigenvalue weighted by atomic mass is 16.6. The normalized spacial score (nSPS) is 14.6. The number of benzene rings is 1. The van der Waals surface area contributed by atoms with E-state index in [1.807, 2.05) is 6.92 Å². The van der Waals surface area contributed by atoms with Crippen LogP contribution < -0.4 is 19.5 Å². The Kier molecular flexibility index (Phi) is 5.52. The highest BCUT2D eigenvalue weighted by Gasteiger charge is 2.21. The molecule has 1 aliphatic heterocycles. The molecule has 0 bridgehead atoms. The Morgan fingerprint density at radius 2 is 1.95 bits per heavy atom. The van der Waals surface area contributed by atoms with Crippen LogP contribution in [0.15, 0.2) is 12.1 Å². The van der Waals surface area contributed by atoms with E-state index in [1.165, 1.54) is 0 Å². The Morgan fingerprint density at radius 1 is 1.23 bits per heavy atom. The van der Waals surface area contributed by atoms with Gasteiger partial charge in [-0.25, -0.2) is 0 Å². The minimum absolute atomic E-state index is 0.119. The zero-order valence-corrected chi connectivity index (χ0v) is 13.8. The Labute approximate surface area is 131 Å². The van der Waals surface area contributed by atoms with Crippen molar-refractivity contribution in [1.29, 1.82) is 0 Å². The van der Waals surface area contributed by atoms with E-state index >= 15 is 0 Å². The summed E-state index contributed by atoms with van der Waals surface area (Å²) in [5, 5.41) is 3.02. The Morgan fingerprint density at radius 3 is 2.64 bits per heavy atom. The second-order valence-electron chi connectivity index (χ2n) is 6.05. The van der Waals surface area contributed by atoms with E-state index in [0.29, 0.717) is 41.9 Å². The summed E-state index contributed by atoms with van der Waals surface area (Å²) in [6.07, 6.45) is 2.05. The van der Waals surface area contributed by atoms with Gasteiger partial charge in [0.1, 0.15) is 13.2 Å². The second-order valence-corrected chi connectivity index (χ2v) is 6.05. The van der Waals surface area contributed by atoms with Crippen molar-refractivity contribution in [3.05, 3.63) is 17.7 Å². The molecule has 22 heavy (non-hydrogen) atoms. The van der Waals surface area contributed by atoms with E-state index in [9.17, 15) is 4.79 Å². The van der Waals surface area contributed by atoms with Crippen LogP contribution in [0.25, 0.3) is 0 Å². The van der Waals surface area contributed by atoms with Crippen LogP contribution in [-0.2, 0) is 0 Å². The molecule has 1 atom stereocenters. The number of nitrogens with one attached hydrogen (secondary N) is 1. The lowest BCUT2D eigenvalue weighted by Gasteiger charge is -2.22. The highest BCUT2D eigenvalue weighted by Crippen LogP contribution is 2.40. The van der Waals surface area contributed by atoms with Gasteiger partial charge < -0.3 is 19.5 Å². The standard InChI is InChI=1S/C17H25NO4/c1-11(2)5-6-12(3)18-17(19)13-9-14(20-4)16-15(10-13)21-7-8-22-16/h9-12H,5-8H2,1-4H3,(H,18,19)/t12-/m0/s1. The second kappa shape index (κ2) is 7.38. The molecule has 122 valence electrons. The van der Waals surface area contributed by atoms with Gasteiger partial charge >= 0.3 is 0 Å². The minimum Gasteiger partial charge on any atom is -0.493 e. The van der Waals surface area contributed by atoms with Crippen molar-refractivity contribution in [3.8, 4) is 17.2 Å². The molecule has 5 heteroatoms. The van der Waals surface area contributed by atoms with Crippen LogP contribution in [0.4, 0.5) is 0 Å². The fraction of sp³-hybridized carbons (Fsp3) is 0.588. The van der Waals surface area contributed by atoms with Gasteiger partial charge in [-0.15, -0.1) is 0 Å². The zero-order valence-electron chi connectivity index (χ0n) is 13.8. The maximum absolute atomic E-state index is 12.4. The van der Waals surface area contributed by atoms with Crippen molar-refractivity contribution in [3.63, 3.8) is 0 Å². The molecular weight excluding hydrogens is 282 g/mol. The van der Waals surface area contributed by atoms with E-state index in [4.69, 9.17) is 14.2 Å². The average molecular weight is 307 g/mol. The van der Waals surface area contributed by atoms with Gasteiger partial charge in [0.2, 0.25) is 5.75 Å². The van der Waals surface area contributed by atoms with E-state index in [1.54, 1.807) is 19.2 Å². The molecule has 0 saturated carbocycles. The number of hydrogen-bond donors (Lipinski definition) is 1. The maximum Gasteiger partial charge on any atom is 0.251 e. The molecule has 0 unspecified atom stereocenters. The van der Waals surface area contributed by atoms with Crippen LogP contribution in [-0.4, -0.2) is 32.3 Å². The lowest BCUT2D eigenvalue weighted by Crippen LogP contribution is -2.32. The molecule has 1 N–H and O–H groups in total. The van der Waals surface area contributed by atoms with Gasteiger partial charge in [-0.2, -0.15) is 0 Å². The summed E-state index contributed by atoms with van der Waals surface area (Å²) in [6, 6.07) is 3.54. The molecular formula is C17H25NO4. The lowest BCUT2D eigenvalue weighted by molar-refractivity contribution is 0.0935. The third kappa shape index (κ3) is 4.06. The Balaban J connectivity index is 2.09. The van der Waals surface area contributed by atoms with Crippen molar-refractivity contribution in [2.75, 3.05) is 20.3 Å². The van der Waals surface area contributed by atoms with Gasteiger partial charge in [0.05, 0.1) is 7.11 Å². The summed E-state index contributed by atoms with van der Waals surface area (Å²) in [6.45, 7) is 7.35. The lowest BCUT2D eigenvalue weighted by atomic mass is 10.0. The molecule has 1 aromatic rings. The first-order valence-electron chi connectivity index (χ1n) is 7.79. The number of carbonyl (C=O) groups excluding carboxylic acids is 1. The van der Waals surface area contributed by atoms with Crippen molar-refractivity contribution in [2.45, 2.75) is 39.7 Å². The monoisotopic (exact) mass is 307 g/mol. The fourth-order valence-corrected chi connectivity index (χ4v) is 2.37. The van der Waals surface area contributed by atoms with Gasteiger partial charge in [-0.05, 0) is 37.8 Å². The molecule has 0 spiro atoms. The van der Waals surface area contributed by atoms with Gasteiger partial charge in [0.25, 0.3) is 5.91 Å². The summed E-state index contributed by atoms with van der Waals surface area (Å²) < 4.78 is 16.4. The van der Waals surface area contributed by atoms with Crippen LogP contribution in [0.5, 0.6) is 17.2 Å². The summed E-state index contributed by atoms with van der Waals surface area (Å²) in [5.41, 5.74) is 0.525. The van der Waals surface area contributed by atoms with Crippen molar-refractivity contribution >= 4 is 5.91 Å². The quantitative estimate of drug-likeness (QED) is 0.877. The largest absolute Gasteiger partial charge is 0.493 e. The third-order valence-electron chi connectivity index (χ3n) is 3.64. The van der Waals surface area contributed by atoms with Crippen LogP contribution in [0.3, 0.4) is 0 Å². The number of fused-ring (bicyclic) bond motifs is 1. The number of methoxy groups -OCH3 is 1. The van der Waals surface area contributed by atoms with Crippen LogP contribution in [0, 0.1) is 5.92 Å². The molecule has 1 heterocycles. The Hall–Kier alpha value is -1.91. The molecule has 2 rings (SSSR count). The Bertz CT molecular complexity index is 510. The van der Waals surface area contributed by atoms with Gasteiger partial charge in [0, 0.05) is 11.6 Å². The summed E-state index contributed by atoms with van der Waals surface area (Å²) in [5.74, 6) is 2.17. The average Bonchev–Trinajstić information content (AvgIpc) is 2.51. The predicted octanol–water partition coefficient (Wildman–Crippen LogP) is 3.02. The zero-order chi connectivity index (χ0) is 16.1. The molecule has 0 aromatic heterocycles. The van der Waals surface area contributed by atoms with E-state index < -0.39 is 0 Å².